The van der Waals surface area contributed by atoms with Crippen LogP contribution >= 0.6 is 0 Å². The summed E-state index contributed by atoms with van der Waals surface area (Å²) in [7, 11) is 1.65. The van der Waals surface area contributed by atoms with Gasteiger partial charge in [-0.15, -0.1) is 0 Å². The first-order valence-electron chi connectivity index (χ1n) is 8.55. The van der Waals surface area contributed by atoms with Gasteiger partial charge in [0, 0.05) is 38.2 Å². The van der Waals surface area contributed by atoms with E-state index in [4.69, 9.17) is 4.74 Å². The maximum atomic E-state index is 12.8. The molecule has 0 fully saturated rings. The first-order chi connectivity index (χ1) is 12.2. The van der Waals surface area contributed by atoms with E-state index >= 15 is 0 Å². The third kappa shape index (κ3) is 3.88. The van der Waals surface area contributed by atoms with E-state index in [1.807, 2.05) is 64.2 Å². The summed E-state index contributed by atoms with van der Waals surface area (Å²) >= 11 is 0. The van der Waals surface area contributed by atoms with Crippen LogP contribution in [-0.2, 0) is 4.74 Å². The lowest BCUT2D eigenvalue weighted by atomic mass is 10.2. The number of fused-ring (bicyclic) bond motifs is 1. The smallest absolute Gasteiger partial charge is 0.255 e. The molecule has 5 nitrogen and oxygen atoms in total. The number of carbonyl (C=O) groups is 1. The van der Waals surface area contributed by atoms with Crippen LogP contribution < -0.4 is 0 Å². The molecule has 5 heteroatoms. The van der Waals surface area contributed by atoms with Crippen molar-refractivity contribution in [2.24, 2.45) is 0 Å². The summed E-state index contributed by atoms with van der Waals surface area (Å²) in [5.41, 5.74) is 3.45. The van der Waals surface area contributed by atoms with Crippen LogP contribution in [0.5, 0.6) is 0 Å². The number of imidazole rings is 1. The number of methoxy groups -OCH3 is 1. The van der Waals surface area contributed by atoms with E-state index in [9.17, 15) is 4.79 Å². The molecule has 0 atom stereocenters. The van der Waals surface area contributed by atoms with E-state index in [2.05, 4.69) is 11.9 Å². The second-order valence-corrected chi connectivity index (χ2v) is 5.96. The molecule has 0 spiro atoms. The number of rotatable bonds is 7. The molecule has 3 aromatic rings. The van der Waals surface area contributed by atoms with E-state index in [1.54, 1.807) is 7.11 Å². The van der Waals surface area contributed by atoms with Crippen molar-refractivity contribution in [3.8, 4) is 11.3 Å². The van der Waals surface area contributed by atoms with Gasteiger partial charge >= 0.3 is 0 Å². The Morgan fingerprint density at radius 1 is 1.12 bits per heavy atom. The largest absolute Gasteiger partial charge is 0.383 e. The maximum absolute atomic E-state index is 12.8. The van der Waals surface area contributed by atoms with Crippen LogP contribution in [0.1, 0.15) is 23.7 Å². The van der Waals surface area contributed by atoms with Gasteiger partial charge in [-0.2, -0.15) is 0 Å². The van der Waals surface area contributed by atoms with Crippen molar-refractivity contribution >= 4 is 11.6 Å². The number of benzene rings is 1. The second-order valence-electron chi connectivity index (χ2n) is 5.96. The van der Waals surface area contributed by atoms with Gasteiger partial charge in [0.1, 0.15) is 5.65 Å². The fourth-order valence-electron chi connectivity index (χ4n) is 2.84. The predicted molar refractivity (Wildman–Crippen MR) is 98.7 cm³/mol. The molecule has 3 rings (SSSR count). The highest BCUT2D eigenvalue weighted by Crippen LogP contribution is 2.19. The fourth-order valence-corrected chi connectivity index (χ4v) is 2.84. The van der Waals surface area contributed by atoms with E-state index < -0.39 is 0 Å². The number of carbonyl (C=O) groups excluding carboxylic acids is 1. The quantitative estimate of drug-likeness (QED) is 0.663. The molecule has 0 saturated heterocycles. The zero-order chi connectivity index (χ0) is 17.6. The van der Waals surface area contributed by atoms with Crippen molar-refractivity contribution < 1.29 is 9.53 Å². The van der Waals surface area contributed by atoms with Crippen molar-refractivity contribution in [3.63, 3.8) is 0 Å². The zero-order valence-electron chi connectivity index (χ0n) is 14.7. The van der Waals surface area contributed by atoms with E-state index in [-0.39, 0.29) is 5.91 Å². The normalized spacial score (nSPS) is 11.0. The van der Waals surface area contributed by atoms with Crippen molar-refractivity contribution in [2.45, 2.75) is 13.3 Å². The summed E-state index contributed by atoms with van der Waals surface area (Å²) in [4.78, 5) is 19.3. The van der Waals surface area contributed by atoms with Crippen molar-refractivity contribution in [1.29, 1.82) is 0 Å². The lowest BCUT2D eigenvalue weighted by Crippen LogP contribution is -2.34. The van der Waals surface area contributed by atoms with E-state index in [0.717, 1.165) is 29.9 Å². The Morgan fingerprint density at radius 2 is 1.92 bits per heavy atom. The number of pyridine rings is 1. The van der Waals surface area contributed by atoms with Crippen LogP contribution in [0.15, 0.2) is 54.9 Å². The van der Waals surface area contributed by atoms with Gasteiger partial charge in [-0.3, -0.25) is 4.79 Å². The summed E-state index contributed by atoms with van der Waals surface area (Å²) in [6.07, 6.45) is 4.73. The molecule has 0 saturated carbocycles. The molecule has 130 valence electrons. The van der Waals surface area contributed by atoms with Crippen LogP contribution in [0, 0.1) is 0 Å². The fraction of sp³-hybridized carbons (Fsp3) is 0.300. The van der Waals surface area contributed by atoms with Crippen molar-refractivity contribution in [1.82, 2.24) is 14.3 Å². The molecule has 0 aliphatic carbocycles. The summed E-state index contributed by atoms with van der Waals surface area (Å²) in [6, 6.07) is 13.8. The molecule has 2 heterocycles. The highest BCUT2D eigenvalue weighted by atomic mass is 16.5. The molecule has 0 bridgehead atoms. The molecule has 0 aliphatic heterocycles. The Kier molecular flexibility index (Phi) is 5.46. The number of nitrogens with zero attached hydrogens (tertiary/aromatic N) is 3. The summed E-state index contributed by atoms with van der Waals surface area (Å²) in [5.74, 6) is 0.0239. The van der Waals surface area contributed by atoms with Gasteiger partial charge in [-0.25, -0.2) is 4.98 Å². The molecule has 2 aromatic heterocycles. The number of hydrogen-bond donors (Lipinski definition) is 0. The summed E-state index contributed by atoms with van der Waals surface area (Å²) < 4.78 is 7.03. The standard InChI is InChI=1S/C20H23N3O2/c1-3-11-22(12-13-25-2)20(24)17-9-10-19-21-18(15-23(19)14-17)16-7-5-4-6-8-16/h4-10,14-15H,3,11-13H2,1-2H3. The second kappa shape index (κ2) is 7.94. The Balaban J connectivity index is 1.88. The van der Waals surface area contributed by atoms with Gasteiger partial charge in [0.2, 0.25) is 0 Å². The van der Waals surface area contributed by atoms with Crippen molar-refractivity contribution in [3.05, 3.63) is 60.4 Å². The van der Waals surface area contributed by atoms with Gasteiger partial charge in [-0.1, -0.05) is 37.3 Å². The number of hydrogen-bond acceptors (Lipinski definition) is 3. The van der Waals surface area contributed by atoms with Crippen LogP contribution in [0.2, 0.25) is 0 Å². The van der Waals surface area contributed by atoms with Crippen LogP contribution in [0.3, 0.4) is 0 Å². The third-order valence-electron chi connectivity index (χ3n) is 4.11. The number of amides is 1. The van der Waals surface area contributed by atoms with Crippen molar-refractivity contribution in [2.75, 3.05) is 26.8 Å². The zero-order valence-corrected chi connectivity index (χ0v) is 14.7. The molecule has 1 aromatic carbocycles. The lowest BCUT2D eigenvalue weighted by Gasteiger charge is -2.21. The molecule has 0 N–H and O–H groups in total. The predicted octanol–water partition coefficient (Wildman–Crippen LogP) is 3.50. The molecule has 25 heavy (non-hydrogen) atoms. The van der Waals surface area contributed by atoms with Crippen LogP contribution in [-0.4, -0.2) is 47.0 Å². The maximum Gasteiger partial charge on any atom is 0.255 e. The van der Waals surface area contributed by atoms with Gasteiger partial charge < -0.3 is 14.0 Å². The Bertz CT molecular complexity index is 843. The SMILES string of the molecule is CCCN(CCOC)C(=O)c1ccc2nc(-c3ccccc3)cn2c1. The van der Waals surface area contributed by atoms with Gasteiger partial charge in [0.25, 0.3) is 5.91 Å². The monoisotopic (exact) mass is 337 g/mol. The Labute approximate surface area is 147 Å². The molecule has 1 amide bonds. The first-order valence-corrected chi connectivity index (χ1v) is 8.55. The average molecular weight is 337 g/mol. The Hall–Kier alpha value is -2.66. The minimum atomic E-state index is 0.0239. The third-order valence-corrected chi connectivity index (χ3v) is 4.11. The molecule has 0 unspecified atom stereocenters. The first kappa shape index (κ1) is 17.2. The minimum absolute atomic E-state index is 0.0239. The topological polar surface area (TPSA) is 46.8 Å². The minimum Gasteiger partial charge on any atom is -0.383 e. The summed E-state index contributed by atoms with van der Waals surface area (Å²) in [5, 5.41) is 0. The summed E-state index contributed by atoms with van der Waals surface area (Å²) in [6.45, 7) is 3.93. The number of aromatic nitrogens is 2. The molecular formula is C20H23N3O2. The van der Waals surface area contributed by atoms with Gasteiger partial charge in [-0.05, 0) is 18.6 Å². The van der Waals surface area contributed by atoms with Crippen LogP contribution in [0.25, 0.3) is 16.9 Å². The van der Waals surface area contributed by atoms with E-state index in [0.29, 0.717) is 18.7 Å². The highest BCUT2D eigenvalue weighted by molar-refractivity contribution is 5.94. The van der Waals surface area contributed by atoms with Crippen LogP contribution in [0.4, 0.5) is 0 Å². The van der Waals surface area contributed by atoms with Gasteiger partial charge in [0.05, 0.1) is 17.9 Å². The highest BCUT2D eigenvalue weighted by Gasteiger charge is 2.16. The lowest BCUT2D eigenvalue weighted by molar-refractivity contribution is 0.0695. The molecule has 0 radical (unpaired) electrons. The van der Waals surface area contributed by atoms with Gasteiger partial charge in [0.15, 0.2) is 0 Å². The number of ether oxygens (including phenoxy) is 1. The Morgan fingerprint density at radius 3 is 2.64 bits per heavy atom. The van der Waals surface area contributed by atoms with E-state index in [1.165, 1.54) is 0 Å². The average Bonchev–Trinajstić information content (AvgIpc) is 3.08. The molecule has 0 aliphatic rings. The molecular weight excluding hydrogens is 314 g/mol.